The molecule has 22 rings (SSSR count). The minimum Gasteiger partial charge on any atom is -0.501 e. The number of rotatable bonds is 17. The van der Waals surface area contributed by atoms with Crippen LogP contribution in [0.3, 0.4) is 0 Å². The summed E-state index contributed by atoms with van der Waals surface area (Å²) in [6, 6.07) is 137. The van der Waals surface area contributed by atoms with E-state index in [1.165, 1.54) is 22.7 Å². The number of furan rings is 2. The first-order chi connectivity index (χ1) is 67.7. The molecule has 669 valence electrons. The molecule has 0 N–H and O–H groups in total. The van der Waals surface area contributed by atoms with Crippen LogP contribution in [0.1, 0.15) is 109 Å². The van der Waals surface area contributed by atoms with Gasteiger partial charge >= 0.3 is 0 Å². The predicted molar refractivity (Wildman–Crippen MR) is 544 cm³/mol. The largest absolute Gasteiger partial charge is 0.501 e. The van der Waals surface area contributed by atoms with Crippen molar-refractivity contribution < 1.29 is 81.5 Å². The molecule has 1 aliphatic carbocycles. The second-order valence-electron chi connectivity index (χ2n) is 33.0. The Labute approximate surface area is 842 Å². The topological polar surface area (TPSA) is 104 Å². The van der Waals surface area contributed by atoms with E-state index < -0.39 is 39.5 Å². The van der Waals surface area contributed by atoms with Crippen LogP contribution in [-0.4, -0.2) is 38.0 Å². The molecule has 1 saturated carbocycles. The Morgan fingerprint density at radius 1 is 0.328 bits per heavy atom. The van der Waals surface area contributed by atoms with E-state index in [1.54, 1.807) is 104 Å². The fraction of sp³-hybridized carbons (Fsp3) is 0.131. The van der Waals surface area contributed by atoms with E-state index in [1.807, 2.05) is 238 Å². The van der Waals surface area contributed by atoms with E-state index in [0.29, 0.717) is 44.6 Å². The number of aromatic nitrogens is 6. The summed E-state index contributed by atoms with van der Waals surface area (Å²) < 4.78 is 88.8. The van der Waals surface area contributed by atoms with Gasteiger partial charge in [0.15, 0.2) is 0 Å². The van der Waals surface area contributed by atoms with Gasteiger partial charge in [0.1, 0.15) is 11.2 Å². The third kappa shape index (κ3) is 25.6. The van der Waals surface area contributed by atoms with Gasteiger partial charge in [-0.3, -0.25) is 0 Å². The summed E-state index contributed by atoms with van der Waals surface area (Å²) in [5, 5.41) is 7.87. The zero-order valence-electron chi connectivity index (χ0n) is 83.8. The summed E-state index contributed by atoms with van der Waals surface area (Å²) in [4.78, 5) is 26.7. The maximum atomic E-state index is 8.87. The molecule has 8 heterocycles. The number of benzene rings is 13. The van der Waals surface area contributed by atoms with Crippen LogP contribution in [0.2, 0.25) is 19.6 Å². The molecule has 0 amide bonds. The molecule has 1 aliphatic rings. The minimum atomic E-state index is -1.55. The average molecular weight is 2300 g/mol. The van der Waals surface area contributed by atoms with Crippen molar-refractivity contribution in [2.75, 3.05) is 0 Å². The molecule has 8 nitrogen and oxygen atoms in total. The van der Waals surface area contributed by atoms with E-state index in [2.05, 4.69) is 165 Å². The Bertz CT molecular complexity index is 7450. The monoisotopic (exact) mass is 2300 g/mol. The van der Waals surface area contributed by atoms with Gasteiger partial charge in [0.2, 0.25) is 0 Å². The van der Waals surface area contributed by atoms with Crippen LogP contribution in [0.4, 0.5) is 0 Å². The normalized spacial score (nSPS) is 13.1. The quantitative estimate of drug-likeness (QED) is 0.0656. The molecule has 0 saturated heterocycles. The zero-order valence-corrected chi connectivity index (χ0v) is 83.0. The summed E-state index contributed by atoms with van der Waals surface area (Å²) in [7, 11) is -1.29. The molecule has 0 aliphatic heterocycles. The van der Waals surface area contributed by atoms with Gasteiger partial charge in [-0.2, -0.15) is 0 Å². The van der Waals surface area contributed by atoms with Gasteiger partial charge in [0, 0.05) is 126 Å². The molecule has 0 atom stereocenters. The van der Waals surface area contributed by atoms with Crippen LogP contribution in [0.15, 0.2) is 416 Å². The third-order valence-corrected chi connectivity index (χ3v) is 24.5. The first-order valence-corrected chi connectivity index (χ1v) is 47.8. The van der Waals surface area contributed by atoms with Crippen molar-refractivity contribution in [3.8, 4) is 78.7 Å². The van der Waals surface area contributed by atoms with Crippen molar-refractivity contribution >= 4 is 67.9 Å². The first-order valence-electron chi connectivity index (χ1n) is 48.8. The zero-order chi connectivity index (χ0) is 97.4. The Balaban J connectivity index is 0.000000137. The van der Waals surface area contributed by atoms with Crippen LogP contribution in [-0.2, 0) is 85.8 Å². The van der Waals surface area contributed by atoms with Crippen LogP contribution >= 0.6 is 0 Å². The fourth-order valence-electron chi connectivity index (χ4n) is 15.7. The maximum absolute atomic E-state index is 8.87. The maximum Gasteiger partial charge on any atom is 0.128 e. The van der Waals surface area contributed by atoms with Crippen molar-refractivity contribution in [1.82, 2.24) is 29.9 Å². The average Bonchev–Trinajstić information content (AvgIpc) is 1.59. The van der Waals surface area contributed by atoms with Gasteiger partial charge in [-0.1, -0.05) is 317 Å². The molecule has 8 aromatic heterocycles. The number of para-hydroxylation sites is 1. The van der Waals surface area contributed by atoms with Crippen molar-refractivity contribution in [3.63, 3.8) is 0 Å². The van der Waals surface area contributed by atoms with Crippen molar-refractivity contribution in [2.24, 2.45) is 5.92 Å². The van der Waals surface area contributed by atoms with E-state index >= 15 is 0 Å². The molecule has 13 aromatic carbocycles. The number of hydrogen-bond donors (Lipinski definition) is 0. The molecule has 0 spiro atoms. The second kappa shape index (κ2) is 47.9. The fourth-order valence-corrected chi connectivity index (χ4v) is 16.7. The molecule has 21 aromatic rings. The van der Waals surface area contributed by atoms with Gasteiger partial charge < -0.3 is 38.7 Å². The van der Waals surface area contributed by atoms with Gasteiger partial charge in [0.25, 0.3) is 0 Å². The SMILES string of the molecule is C[Si](C)(C)c1ccc(-c2[c-]ccc(-c3ccccc3)c2)nc1.[2H]C(C)(C)c1ccnc(-c2[c-]ccc3c2oc2ccccc23)c1.[2H]C([2H])(c1ccccc1)c1ccnc(-c2[c-]cccc2)c1.[2H]C([2H])(c1ccccc1)c1ccnc(-c2[c-]cccc2)c1.[2H]C([2H])(c1ccccc1)c1ccnc(-c2[c-]cccc2)c1.[2H]C([2H])(c1ccnc(-c2[c-]ccc3c2oc2c4ccccc4ccc32)c1)C1CCCCC1.[Ir].[Ir].[Ir]. The van der Waals surface area contributed by atoms with Crippen LogP contribution in [0.25, 0.3) is 133 Å². The molecular formula is C122H102Ir3N6O2Si-6. The molecule has 3 radical (unpaired) electrons. The first kappa shape index (κ1) is 85.0. The smallest absolute Gasteiger partial charge is 0.128 e. The third-order valence-electron chi connectivity index (χ3n) is 22.5. The molecule has 1 fully saturated rings. The second-order valence-corrected chi connectivity index (χ2v) is 38.1. The summed E-state index contributed by atoms with van der Waals surface area (Å²) >= 11 is 0. The van der Waals surface area contributed by atoms with Gasteiger partial charge in [0.05, 0.1) is 19.2 Å². The minimum absolute atomic E-state index is 0. The van der Waals surface area contributed by atoms with Gasteiger partial charge in [-0.05, 0) is 157 Å². The molecule has 0 unspecified atom stereocenters. The molecule has 0 bridgehead atoms. The van der Waals surface area contributed by atoms with E-state index in [4.69, 9.17) is 21.2 Å². The standard InChI is InChI=1S/C28H24NO.C20H16NO.C20H20NSi.3C18H14N.3Ir/c1-2-7-19(8-3-1)17-20-15-16-29-26(18-20)25-12-6-11-23-24-14-13-21-9-4-5-10-22(21)27(24)30-28(23)25;1-13(2)14-10-11-21-18(12-14)17-8-5-7-16-15-6-3-4-9-19(15)22-20(16)17;1-22(2,3)19-12-13-20(21-15-19)18-11-7-10-17(14-18)16-8-5-4-6-9-16;3*1-3-7-15(8-4-1)13-16-11-12-19-18(14-16)17-9-5-2-6-10-17;;;/h4-6,9-11,13-16,18-19H,1-3,7-8,17H2;3-7,9-13H,1-2H3;4-10,12-15H,1-3H3;3*1-9,11-12,14H,13H2;;;/q6*-1;;;/i17D2;13D;;3*13D2;;;. The van der Waals surface area contributed by atoms with Gasteiger partial charge in [-0.25, -0.2) is 0 Å². The summed E-state index contributed by atoms with van der Waals surface area (Å²) in [6.07, 6.45) is 9.76. The predicted octanol–water partition coefficient (Wildman–Crippen LogP) is 30.5. The van der Waals surface area contributed by atoms with E-state index in [-0.39, 0.29) is 66.2 Å². The molecule has 12 heteroatoms. The molecule has 134 heavy (non-hydrogen) atoms. The van der Waals surface area contributed by atoms with Crippen molar-refractivity contribution in [2.45, 2.75) is 97.0 Å². The Morgan fingerprint density at radius 3 is 1.27 bits per heavy atom. The number of fused-ring (bicyclic) bond motifs is 8. The number of hydrogen-bond acceptors (Lipinski definition) is 8. The van der Waals surface area contributed by atoms with Crippen LogP contribution in [0.5, 0.6) is 0 Å². The Kier molecular flexibility index (Phi) is 30.4. The van der Waals surface area contributed by atoms with Gasteiger partial charge in [-0.15, -0.1) is 179 Å². The Morgan fingerprint density at radius 2 is 0.761 bits per heavy atom. The number of nitrogens with zero attached hydrogens (tertiary/aromatic N) is 6. The molecular weight excluding hydrogens is 2190 g/mol. The van der Waals surface area contributed by atoms with E-state index in [9.17, 15) is 0 Å². The summed E-state index contributed by atoms with van der Waals surface area (Å²) in [5.74, 6) is -0.608. The Hall–Kier alpha value is -13.2. The summed E-state index contributed by atoms with van der Waals surface area (Å²) in [5.41, 5.74) is 20.9. The summed E-state index contributed by atoms with van der Waals surface area (Å²) in [6.45, 7) is 10.8. The van der Waals surface area contributed by atoms with Crippen molar-refractivity contribution in [3.05, 3.63) is 488 Å². The number of pyridine rings is 6. The van der Waals surface area contributed by atoms with Crippen molar-refractivity contribution in [1.29, 1.82) is 0 Å². The van der Waals surface area contributed by atoms with E-state index in [0.717, 1.165) is 148 Å². The van der Waals surface area contributed by atoms with Crippen LogP contribution < -0.4 is 5.19 Å². The van der Waals surface area contributed by atoms with Crippen LogP contribution in [0, 0.1) is 42.3 Å².